The molecule has 1 atom stereocenters. The Hall–Kier alpha value is -1.16. The lowest BCUT2D eigenvalue weighted by Gasteiger charge is -2.08. The molecule has 1 aromatic heterocycles. The summed E-state index contributed by atoms with van der Waals surface area (Å²) in [4.78, 5) is 11.9. The Balaban J connectivity index is 1.92. The maximum Gasteiger partial charge on any atom is 0.141 e. The van der Waals surface area contributed by atoms with E-state index >= 15 is 0 Å². The van der Waals surface area contributed by atoms with Crippen LogP contribution in [0.4, 0.5) is 0 Å². The van der Waals surface area contributed by atoms with Crippen LogP contribution in [0.3, 0.4) is 0 Å². The van der Waals surface area contributed by atoms with E-state index in [4.69, 9.17) is 4.74 Å². The summed E-state index contributed by atoms with van der Waals surface area (Å²) in [5, 5.41) is 4.35. The van der Waals surface area contributed by atoms with Gasteiger partial charge in [-0.3, -0.25) is 9.48 Å². The number of aromatic nitrogens is 2. The quantitative estimate of drug-likeness (QED) is 0.784. The van der Waals surface area contributed by atoms with Gasteiger partial charge in [0.05, 0.1) is 11.8 Å². The summed E-state index contributed by atoms with van der Waals surface area (Å²) in [6.07, 6.45) is 3.30. The predicted molar refractivity (Wildman–Crippen MR) is 64.9 cm³/mol. The van der Waals surface area contributed by atoms with Crippen molar-refractivity contribution in [2.75, 3.05) is 6.61 Å². The van der Waals surface area contributed by atoms with Crippen LogP contribution in [0.15, 0.2) is 6.07 Å². The first-order valence-electron chi connectivity index (χ1n) is 6.35. The second-order valence-electron chi connectivity index (χ2n) is 4.65. The van der Waals surface area contributed by atoms with Gasteiger partial charge in [-0.05, 0) is 32.8 Å². The maximum atomic E-state index is 11.9. The molecule has 1 aromatic rings. The highest BCUT2D eigenvalue weighted by Gasteiger charge is 2.20. The van der Waals surface area contributed by atoms with E-state index in [-0.39, 0.29) is 11.9 Å². The van der Waals surface area contributed by atoms with Gasteiger partial charge in [0, 0.05) is 31.7 Å². The molecule has 1 fully saturated rings. The van der Waals surface area contributed by atoms with Crippen molar-refractivity contribution in [2.24, 2.45) is 0 Å². The molecule has 0 N–H and O–H groups in total. The minimum Gasteiger partial charge on any atom is -0.378 e. The lowest BCUT2D eigenvalue weighted by Crippen LogP contribution is -2.16. The van der Waals surface area contributed by atoms with Crippen molar-refractivity contribution < 1.29 is 9.53 Å². The molecule has 0 radical (unpaired) electrons. The molecule has 0 aromatic carbocycles. The summed E-state index contributed by atoms with van der Waals surface area (Å²) in [7, 11) is 0. The molecule has 1 aliphatic heterocycles. The lowest BCUT2D eigenvalue weighted by atomic mass is 10.1. The summed E-state index contributed by atoms with van der Waals surface area (Å²) in [6, 6.07) is 2.00. The van der Waals surface area contributed by atoms with E-state index < -0.39 is 0 Å². The third-order valence-electron chi connectivity index (χ3n) is 3.14. The second-order valence-corrected chi connectivity index (χ2v) is 4.65. The Morgan fingerprint density at radius 1 is 1.65 bits per heavy atom. The number of ketones is 1. The summed E-state index contributed by atoms with van der Waals surface area (Å²) < 4.78 is 7.39. The van der Waals surface area contributed by atoms with Gasteiger partial charge < -0.3 is 4.74 Å². The van der Waals surface area contributed by atoms with Crippen molar-refractivity contribution in [2.45, 2.75) is 52.2 Å². The van der Waals surface area contributed by atoms with Gasteiger partial charge in [0.2, 0.25) is 0 Å². The highest BCUT2D eigenvalue weighted by Crippen LogP contribution is 2.17. The molecule has 0 spiro atoms. The molecule has 4 nitrogen and oxygen atoms in total. The topological polar surface area (TPSA) is 44.1 Å². The maximum absolute atomic E-state index is 11.9. The zero-order valence-electron chi connectivity index (χ0n) is 10.6. The number of aryl methyl sites for hydroxylation is 2. The van der Waals surface area contributed by atoms with Crippen LogP contribution in [0.25, 0.3) is 0 Å². The molecule has 4 heteroatoms. The monoisotopic (exact) mass is 236 g/mol. The molecule has 1 aliphatic rings. The molecule has 17 heavy (non-hydrogen) atoms. The molecule has 2 rings (SSSR count). The van der Waals surface area contributed by atoms with Crippen LogP contribution in [0.2, 0.25) is 0 Å². The van der Waals surface area contributed by atoms with Crippen LogP contribution in [0.5, 0.6) is 0 Å². The number of hydrogen-bond donors (Lipinski definition) is 0. The first-order valence-corrected chi connectivity index (χ1v) is 6.35. The minimum absolute atomic E-state index is 0.154. The molecule has 1 saturated heterocycles. The fourth-order valence-corrected chi connectivity index (χ4v) is 2.35. The van der Waals surface area contributed by atoms with Crippen molar-refractivity contribution in [3.63, 3.8) is 0 Å². The van der Waals surface area contributed by atoms with Crippen LogP contribution < -0.4 is 0 Å². The van der Waals surface area contributed by atoms with Gasteiger partial charge >= 0.3 is 0 Å². The zero-order valence-corrected chi connectivity index (χ0v) is 10.6. The molecule has 1 unspecified atom stereocenters. The summed E-state index contributed by atoms with van der Waals surface area (Å²) in [6.45, 7) is 5.63. The molecule has 0 amide bonds. The Morgan fingerprint density at radius 3 is 3.12 bits per heavy atom. The third-order valence-corrected chi connectivity index (χ3v) is 3.14. The van der Waals surface area contributed by atoms with Crippen LogP contribution in [0, 0.1) is 6.92 Å². The number of carbonyl (C=O) groups is 1. The number of hydrogen-bond acceptors (Lipinski definition) is 3. The highest BCUT2D eigenvalue weighted by molar-refractivity contribution is 5.81. The van der Waals surface area contributed by atoms with Crippen LogP contribution in [-0.4, -0.2) is 28.3 Å². The van der Waals surface area contributed by atoms with E-state index in [1.165, 1.54) is 0 Å². The molecule has 94 valence electrons. The van der Waals surface area contributed by atoms with Gasteiger partial charge in [-0.2, -0.15) is 5.10 Å². The average molecular weight is 236 g/mol. The Labute approximate surface area is 102 Å². The Morgan fingerprint density at radius 2 is 2.47 bits per heavy atom. The number of nitrogens with zero attached hydrogens (tertiary/aromatic N) is 2. The van der Waals surface area contributed by atoms with Gasteiger partial charge in [0.15, 0.2) is 0 Å². The van der Waals surface area contributed by atoms with E-state index in [1.807, 2.05) is 24.6 Å². The zero-order chi connectivity index (χ0) is 12.3. The van der Waals surface area contributed by atoms with E-state index in [1.54, 1.807) is 0 Å². The van der Waals surface area contributed by atoms with Crippen LogP contribution >= 0.6 is 0 Å². The average Bonchev–Trinajstić information content (AvgIpc) is 2.88. The highest BCUT2D eigenvalue weighted by atomic mass is 16.5. The van der Waals surface area contributed by atoms with Gasteiger partial charge in [-0.1, -0.05) is 0 Å². The first-order chi connectivity index (χ1) is 8.19. The molecule has 2 heterocycles. The summed E-state index contributed by atoms with van der Waals surface area (Å²) >= 11 is 0. The fourth-order valence-electron chi connectivity index (χ4n) is 2.35. The van der Waals surface area contributed by atoms with E-state index in [9.17, 15) is 4.79 Å². The Kier molecular flexibility index (Phi) is 3.94. The van der Waals surface area contributed by atoms with Gasteiger partial charge in [-0.15, -0.1) is 0 Å². The number of carbonyl (C=O) groups excluding carboxylic acids is 1. The fraction of sp³-hybridized carbons (Fsp3) is 0.692. The van der Waals surface area contributed by atoms with Crippen molar-refractivity contribution in [3.8, 4) is 0 Å². The van der Waals surface area contributed by atoms with Gasteiger partial charge in [-0.25, -0.2) is 0 Å². The van der Waals surface area contributed by atoms with Gasteiger partial charge in [0.1, 0.15) is 5.78 Å². The third kappa shape index (κ3) is 3.16. The van der Waals surface area contributed by atoms with Crippen LogP contribution in [-0.2, 0) is 22.5 Å². The summed E-state index contributed by atoms with van der Waals surface area (Å²) in [5.74, 6) is 0.256. The first kappa shape index (κ1) is 12.3. The van der Waals surface area contributed by atoms with E-state index in [0.29, 0.717) is 12.8 Å². The Bertz CT molecular complexity index is 392. The molecular formula is C13H20N2O2. The normalized spacial score (nSPS) is 19.8. The standard InChI is InChI=1S/C13H20N2O2/c1-3-15-11(7-10(2)14-15)8-12(16)9-13-5-4-6-17-13/h7,13H,3-6,8-9H2,1-2H3. The largest absolute Gasteiger partial charge is 0.378 e. The molecule has 0 bridgehead atoms. The second kappa shape index (κ2) is 5.45. The molecule has 0 aliphatic carbocycles. The molecule has 0 saturated carbocycles. The van der Waals surface area contributed by atoms with Crippen LogP contribution in [0.1, 0.15) is 37.6 Å². The van der Waals surface area contributed by atoms with E-state index in [0.717, 1.165) is 37.4 Å². The van der Waals surface area contributed by atoms with Crippen molar-refractivity contribution in [1.29, 1.82) is 0 Å². The smallest absolute Gasteiger partial charge is 0.141 e. The molecular weight excluding hydrogens is 216 g/mol. The van der Waals surface area contributed by atoms with Gasteiger partial charge in [0.25, 0.3) is 0 Å². The number of rotatable bonds is 5. The van der Waals surface area contributed by atoms with Crippen molar-refractivity contribution in [1.82, 2.24) is 9.78 Å². The minimum atomic E-state index is 0.154. The van der Waals surface area contributed by atoms with Crippen molar-refractivity contribution in [3.05, 3.63) is 17.5 Å². The number of ether oxygens (including phenoxy) is 1. The number of Topliss-reactive ketones (excluding diaryl/α,β-unsaturated/α-hetero) is 1. The SMILES string of the molecule is CCn1nc(C)cc1CC(=O)CC1CCCO1. The van der Waals surface area contributed by atoms with E-state index in [2.05, 4.69) is 5.10 Å². The van der Waals surface area contributed by atoms with Crippen molar-refractivity contribution >= 4 is 5.78 Å². The lowest BCUT2D eigenvalue weighted by molar-refractivity contribution is -0.120. The summed E-state index contributed by atoms with van der Waals surface area (Å²) in [5.41, 5.74) is 2.00. The predicted octanol–water partition coefficient (Wildman–Crippen LogP) is 1.89.